The number of rotatable bonds is 9. The van der Waals surface area contributed by atoms with Gasteiger partial charge < -0.3 is 9.80 Å². The first-order valence-electron chi connectivity index (χ1n) is 15.7. The first-order valence-corrected chi connectivity index (χ1v) is 15.3. The number of alkyl halides is 1. The number of amides is 1. The van der Waals surface area contributed by atoms with Gasteiger partial charge in [0.2, 0.25) is 0 Å². The minimum atomic E-state index is 0. The molecule has 1 saturated heterocycles. The second-order valence-electron chi connectivity index (χ2n) is 11.3. The summed E-state index contributed by atoms with van der Waals surface area (Å²) in [6.45, 7) is 8.44. The van der Waals surface area contributed by atoms with E-state index >= 15 is 0 Å². The Balaban J connectivity index is 0.00000118. The summed E-state index contributed by atoms with van der Waals surface area (Å²) in [5.74, 6) is 0.711. The predicted octanol–water partition coefficient (Wildman–Crippen LogP) is 8.64. The van der Waals surface area contributed by atoms with Gasteiger partial charge in [0.25, 0.3) is 7.36 Å². The summed E-state index contributed by atoms with van der Waals surface area (Å²) >= 11 is 0. The molecule has 0 N–H and O–H groups in total. The molecule has 6 rings (SSSR count). The van der Waals surface area contributed by atoms with E-state index in [1.165, 1.54) is 22.5 Å². The van der Waals surface area contributed by atoms with Gasteiger partial charge in [-0.05, 0) is 75.0 Å². The Morgan fingerprint density at radius 3 is 2.23 bits per heavy atom. The molecule has 0 saturated carbocycles. The highest BCUT2D eigenvalue weighted by atomic mass is 19.1. The van der Waals surface area contributed by atoms with Gasteiger partial charge in [-0.3, -0.25) is 18.6 Å². The molecule has 3 aromatic carbocycles. The number of likely N-dealkylation sites (tertiary alicyclic amines) is 1. The highest BCUT2D eigenvalue weighted by molar-refractivity contribution is 5.99. The molecule has 1 fully saturated rings. The largest absolute Gasteiger partial charge is 0.325 e. The standard InChI is InChI=1S/C35H40N4O.CH3F.CH4.FH.H2/c1-3-38-34(25-30(36-38)24-27-12-6-4-7-13-27)29-18-21-37(22-19-29)23-20-33(28-14-8-5-9-15-28)39-26(2)31-16-10-11-17-32(31)35(39)40;1-2;;;/h4-17,25-26,29,33H,3,18-24H2,1-2H3;1H3;1H4;2*1H/t26?,33-;;;;/m0..../s1/i;;;;1+2/hT. The highest BCUT2D eigenvalue weighted by Crippen LogP contribution is 2.41. The molecule has 2 aliphatic rings. The summed E-state index contributed by atoms with van der Waals surface area (Å²) < 4.78 is 24.7. The number of aryl methyl sites for hydroxylation is 1. The number of aromatic nitrogens is 2. The van der Waals surface area contributed by atoms with Crippen LogP contribution in [0.1, 0.15) is 98.4 Å². The molecule has 2 atom stereocenters. The molecular weight excluding hydrogens is 554 g/mol. The molecule has 1 amide bonds. The minimum absolute atomic E-state index is 0. The molecule has 1 unspecified atom stereocenters. The van der Waals surface area contributed by atoms with Crippen molar-refractivity contribution >= 4 is 5.91 Å². The molecule has 44 heavy (non-hydrogen) atoms. The van der Waals surface area contributed by atoms with Gasteiger partial charge in [0.1, 0.15) is 0 Å². The maximum atomic E-state index is 13.6. The van der Waals surface area contributed by atoms with E-state index in [0.29, 0.717) is 13.1 Å². The van der Waals surface area contributed by atoms with E-state index in [1.54, 1.807) is 0 Å². The van der Waals surface area contributed by atoms with Gasteiger partial charge in [0.05, 0.1) is 25.0 Å². The number of benzene rings is 3. The van der Waals surface area contributed by atoms with Crippen LogP contribution in [0.2, 0.25) is 0 Å². The zero-order valence-corrected chi connectivity index (χ0v) is 25.5. The van der Waals surface area contributed by atoms with Gasteiger partial charge in [-0.1, -0.05) is 86.3 Å². The van der Waals surface area contributed by atoms with E-state index in [2.05, 4.69) is 103 Å². The van der Waals surface area contributed by atoms with Gasteiger partial charge in [0, 0.05) is 38.1 Å². The Bertz CT molecular complexity index is 1450. The van der Waals surface area contributed by atoms with Crippen LogP contribution in [0.25, 0.3) is 0 Å². The van der Waals surface area contributed by atoms with Crippen molar-refractivity contribution in [1.29, 1.82) is 1.45 Å². The van der Waals surface area contributed by atoms with Crippen molar-refractivity contribution in [2.45, 2.75) is 71.5 Å². The maximum absolute atomic E-state index is 13.6. The third kappa shape index (κ3) is 7.44. The van der Waals surface area contributed by atoms with Crippen LogP contribution in [0, 0.1) is 0 Å². The topological polar surface area (TPSA) is 41.4 Å². The molecule has 2 aliphatic heterocycles. The van der Waals surface area contributed by atoms with Gasteiger partial charge in [0.15, 0.2) is 0 Å². The van der Waals surface area contributed by atoms with Crippen LogP contribution in [0.5, 0.6) is 0 Å². The lowest BCUT2D eigenvalue weighted by Crippen LogP contribution is -2.38. The number of carbonyl (C=O) groups is 1. The van der Waals surface area contributed by atoms with Crippen LogP contribution in [-0.4, -0.2) is 53.8 Å². The number of piperidine rings is 1. The van der Waals surface area contributed by atoms with E-state index < -0.39 is 0 Å². The van der Waals surface area contributed by atoms with Crippen LogP contribution in [0.15, 0.2) is 91.0 Å². The van der Waals surface area contributed by atoms with Gasteiger partial charge in [-0.15, -0.1) is 0 Å². The second kappa shape index (κ2) is 16.3. The third-order valence-corrected chi connectivity index (χ3v) is 8.93. The lowest BCUT2D eigenvalue weighted by Gasteiger charge is -2.36. The number of fused-ring (bicyclic) bond motifs is 1. The molecule has 5 nitrogen and oxygen atoms in total. The van der Waals surface area contributed by atoms with E-state index in [0.717, 1.165) is 63.0 Å². The number of halogens is 2. The van der Waals surface area contributed by atoms with Gasteiger partial charge >= 0.3 is 0 Å². The minimum Gasteiger partial charge on any atom is -0.325 e. The molecular formula is C37H50F2N4O. The number of hydrogen-bond acceptors (Lipinski definition) is 3. The predicted molar refractivity (Wildman–Crippen MR) is 179 cm³/mol. The van der Waals surface area contributed by atoms with Crippen LogP contribution >= 0.6 is 0 Å². The summed E-state index contributed by atoms with van der Waals surface area (Å²) in [5.41, 5.74) is 7.10. The summed E-state index contributed by atoms with van der Waals surface area (Å²) in [5, 5.41) is 4.95. The van der Waals surface area contributed by atoms with Crippen LogP contribution in [-0.2, 0) is 13.0 Å². The number of nitrogens with zero attached hydrogens (tertiary/aromatic N) is 4. The first kappa shape index (κ1) is 33.1. The van der Waals surface area contributed by atoms with Crippen LogP contribution in [0.3, 0.4) is 0 Å². The average Bonchev–Trinajstić information content (AvgIpc) is 3.62. The summed E-state index contributed by atoms with van der Waals surface area (Å²) in [4.78, 5) is 18.3. The molecule has 0 bridgehead atoms. The van der Waals surface area contributed by atoms with Crippen molar-refractivity contribution in [3.05, 3.63) is 125 Å². The Hall–Kier alpha value is -3.84. The fraction of sp³-hybridized carbons (Fsp3) is 0.405. The van der Waals surface area contributed by atoms with Crippen LogP contribution < -0.4 is 0 Å². The highest BCUT2D eigenvalue weighted by Gasteiger charge is 2.38. The number of carbonyl (C=O) groups excluding carboxylic acids is 1. The van der Waals surface area contributed by atoms with Crippen LogP contribution in [0.4, 0.5) is 9.11 Å². The molecule has 0 spiro atoms. The summed E-state index contributed by atoms with van der Waals surface area (Å²) in [6.07, 6.45) is 4.12. The molecule has 238 valence electrons. The Morgan fingerprint density at radius 1 is 0.977 bits per heavy atom. The zero-order chi connectivity index (χ0) is 31.5. The normalized spacial score (nSPS) is 17.3. The maximum Gasteiger partial charge on any atom is 0.269 e. The van der Waals surface area contributed by atoms with E-state index in [1.807, 2.05) is 18.2 Å². The quantitative estimate of drug-likeness (QED) is 0.191. The molecule has 4 aromatic rings. The third-order valence-electron chi connectivity index (χ3n) is 8.93. The molecule has 1 aromatic heterocycles. The van der Waals surface area contributed by atoms with E-state index in [-0.39, 0.29) is 26.8 Å². The van der Waals surface area contributed by atoms with Gasteiger partial charge in [-0.25, -0.2) is 0 Å². The Labute approximate surface area is 265 Å². The Morgan fingerprint density at radius 2 is 1.59 bits per heavy atom. The van der Waals surface area contributed by atoms with E-state index in [9.17, 15) is 9.18 Å². The number of hydrogen-bond donors (Lipinski definition) is 0. The van der Waals surface area contributed by atoms with Crippen molar-refractivity contribution in [3.63, 3.8) is 0 Å². The fourth-order valence-electron chi connectivity index (χ4n) is 6.79. The molecule has 3 heterocycles. The molecule has 7 heteroatoms. The summed E-state index contributed by atoms with van der Waals surface area (Å²) in [7, 11) is 0.500. The van der Waals surface area contributed by atoms with Crippen molar-refractivity contribution in [2.24, 2.45) is 0 Å². The molecule has 0 aliphatic carbocycles. The Kier molecular flexibility index (Phi) is 12.2. The SMILES string of the molecule is C.CCn1nc(Cc2ccccc2)cc1C1CCN(CC[C@@H](c2ccccc2)N2C(=O)c3ccccc3C2C)CC1.CF.[3HH].[3H]F. The van der Waals surface area contributed by atoms with Crippen molar-refractivity contribution in [3.8, 4) is 0 Å². The second-order valence-corrected chi connectivity index (χ2v) is 11.3. The fourth-order valence-corrected chi connectivity index (χ4v) is 6.79. The monoisotopic (exact) mass is 608 g/mol. The lowest BCUT2D eigenvalue weighted by molar-refractivity contribution is 0.0607. The van der Waals surface area contributed by atoms with E-state index in [4.69, 9.17) is 9.82 Å². The van der Waals surface area contributed by atoms with Gasteiger partial charge in [-0.2, -0.15) is 5.10 Å². The smallest absolute Gasteiger partial charge is 0.269 e. The van der Waals surface area contributed by atoms with Crippen molar-refractivity contribution in [2.75, 3.05) is 26.8 Å². The molecule has 0 radical (unpaired) electrons. The average molecular weight is 609 g/mol. The lowest BCUT2D eigenvalue weighted by atomic mass is 9.92. The summed E-state index contributed by atoms with van der Waals surface area (Å²) in [6, 6.07) is 31.8. The van der Waals surface area contributed by atoms with Crippen molar-refractivity contribution in [1.82, 2.24) is 19.6 Å². The zero-order valence-electron chi connectivity index (χ0n) is 26.5. The first-order chi connectivity index (χ1) is 21.6. The van der Waals surface area contributed by atoms with Crippen molar-refractivity contribution < 1.29 is 15.3 Å².